The zero-order chi connectivity index (χ0) is 8.97. The van der Waals surface area contributed by atoms with Crippen LogP contribution in [-0.2, 0) is 4.74 Å². The Balaban J connectivity index is 2.33. The number of hydrogen-bond donors (Lipinski definition) is 2. The molecule has 0 radical (unpaired) electrons. The molecule has 0 spiro atoms. The summed E-state index contributed by atoms with van der Waals surface area (Å²) in [6.45, 7) is 1.03. The van der Waals surface area contributed by atoms with Gasteiger partial charge in [0.25, 0.3) is 0 Å². The van der Waals surface area contributed by atoms with Gasteiger partial charge in [-0.25, -0.2) is 9.18 Å². The smallest absolute Gasteiger partial charge is 0.407 e. The van der Waals surface area contributed by atoms with Crippen molar-refractivity contribution >= 4 is 6.09 Å². The lowest BCUT2D eigenvalue weighted by Crippen LogP contribution is -2.50. The van der Waals surface area contributed by atoms with E-state index in [1.54, 1.807) is 0 Å². The minimum absolute atomic E-state index is 0.300. The number of amides is 1. The molecule has 1 saturated heterocycles. The largest absolute Gasteiger partial charge is 0.453 e. The fourth-order valence-corrected chi connectivity index (χ4v) is 1.19. The maximum absolute atomic E-state index is 13.0. The normalized spacial score (nSPS) is 29.5. The summed E-state index contributed by atoms with van der Waals surface area (Å²) in [7, 11) is 1.27. The zero-order valence-corrected chi connectivity index (χ0v) is 6.97. The SMILES string of the molecule is COC(=O)NC1CCNCC1F. The molecule has 0 aromatic heterocycles. The molecular formula is C7H13FN2O2. The Hall–Kier alpha value is -0.840. The van der Waals surface area contributed by atoms with Crippen molar-refractivity contribution in [1.29, 1.82) is 0 Å². The molecule has 0 aliphatic carbocycles. The standard InChI is InChI=1S/C7H13FN2O2/c1-12-7(11)10-6-2-3-9-4-5(6)8/h5-6,9H,2-4H2,1H3,(H,10,11). The summed E-state index contributed by atoms with van der Waals surface area (Å²) in [6.07, 6.45) is -0.974. The van der Waals surface area contributed by atoms with Crippen molar-refractivity contribution in [1.82, 2.24) is 10.6 Å². The molecule has 70 valence electrons. The van der Waals surface area contributed by atoms with E-state index in [2.05, 4.69) is 15.4 Å². The minimum atomic E-state index is -1.02. The summed E-state index contributed by atoms with van der Waals surface area (Å²) in [5.41, 5.74) is 0. The van der Waals surface area contributed by atoms with Crippen molar-refractivity contribution < 1.29 is 13.9 Å². The van der Waals surface area contributed by atoms with Crippen LogP contribution in [0.2, 0.25) is 0 Å². The lowest BCUT2D eigenvalue weighted by molar-refractivity contribution is 0.146. The molecule has 2 unspecified atom stereocenters. The van der Waals surface area contributed by atoms with E-state index in [1.807, 2.05) is 0 Å². The van der Waals surface area contributed by atoms with Crippen molar-refractivity contribution in [2.24, 2.45) is 0 Å². The number of halogens is 1. The Labute approximate surface area is 70.5 Å². The van der Waals surface area contributed by atoms with E-state index in [0.29, 0.717) is 13.0 Å². The highest BCUT2D eigenvalue weighted by Crippen LogP contribution is 2.07. The molecular weight excluding hydrogens is 163 g/mol. The summed E-state index contributed by atoms with van der Waals surface area (Å²) in [5.74, 6) is 0. The summed E-state index contributed by atoms with van der Waals surface area (Å²) in [5, 5.41) is 5.33. The van der Waals surface area contributed by atoms with Gasteiger partial charge in [-0.1, -0.05) is 0 Å². The van der Waals surface area contributed by atoms with Crippen molar-refractivity contribution in [2.75, 3.05) is 20.2 Å². The van der Waals surface area contributed by atoms with E-state index < -0.39 is 18.3 Å². The van der Waals surface area contributed by atoms with E-state index in [-0.39, 0.29) is 0 Å². The molecule has 1 rings (SSSR count). The first-order chi connectivity index (χ1) is 5.74. The molecule has 0 saturated carbocycles. The molecule has 1 aliphatic rings. The Morgan fingerprint density at radius 2 is 2.50 bits per heavy atom. The molecule has 1 aliphatic heterocycles. The van der Waals surface area contributed by atoms with Crippen LogP contribution >= 0.6 is 0 Å². The molecule has 1 amide bonds. The van der Waals surface area contributed by atoms with Crippen LogP contribution in [-0.4, -0.2) is 38.5 Å². The fraction of sp³-hybridized carbons (Fsp3) is 0.857. The van der Waals surface area contributed by atoms with Crippen molar-refractivity contribution in [3.63, 3.8) is 0 Å². The van der Waals surface area contributed by atoms with Gasteiger partial charge in [-0.15, -0.1) is 0 Å². The number of rotatable bonds is 1. The second-order valence-electron chi connectivity index (χ2n) is 2.75. The third-order valence-electron chi connectivity index (χ3n) is 1.90. The monoisotopic (exact) mass is 176 g/mol. The topological polar surface area (TPSA) is 50.4 Å². The summed E-state index contributed by atoms with van der Waals surface area (Å²) in [6, 6.07) is -0.404. The first kappa shape index (κ1) is 9.25. The molecule has 0 aromatic rings. The third kappa shape index (κ3) is 2.34. The van der Waals surface area contributed by atoms with Gasteiger partial charge in [0, 0.05) is 6.54 Å². The van der Waals surface area contributed by atoms with E-state index >= 15 is 0 Å². The maximum atomic E-state index is 13.0. The molecule has 0 aromatic carbocycles. The lowest BCUT2D eigenvalue weighted by Gasteiger charge is -2.26. The first-order valence-corrected chi connectivity index (χ1v) is 3.93. The van der Waals surface area contributed by atoms with Gasteiger partial charge in [0.15, 0.2) is 0 Å². The predicted octanol–water partition coefficient (Wildman–Crippen LogP) is 0.0424. The molecule has 0 bridgehead atoms. The average molecular weight is 176 g/mol. The quantitative estimate of drug-likeness (QED) is 0.593. The number of hydrogen-bond acceptors (Lipinski definition) is 3. The fourth-order valence-electron chi connectivity index (χ4n) is 1.19. The highest BCUT2D eigenvalue weighted by Gasteiger charge is 2.25. The Kier molecular flexibility index (Phi) is 3.28. The van der Waals surface area contributed by atoms with E-state index in [0.717, 1.165) is 6.54 Å². The summed E-state index contributed by atoms with van der Waals surface area (Å²) >= 11 is 0. The average Bonchev–Trinajstić information content (AvgIpc) is 2.09. The number of piperidine rings is 1. The van der Waals surface area contributed by atoms with Crippen LogP contribution < -0.4 is 10.6 Å². The number of carbonyl (C=O) groups excluding carboxylic acids is 1. The first-order valence-electron chi connectivity index (χ1n) is 3.93. The number of nitrogens with one attached hydrogen (secondary N) is 2. The van der Waals surface area contributed by atoms with Crippen LogP contribution in [0.15, 0.2) is 0 Å². The summed E-state index contributed by atoms with van der Waals surface area (Å²) in [4.78, 5) is 10.7. The van der Waals surface area contributed by atoms with Crippen LogP contribution in [0.4, 0.5) is 9.18 Å². The molecule has 2 atom stereocenters. The summed E-state index contributed by atoms with van der Waals surface area (Å²) < 4.78 is 17.4. The molecule has 1 heterocycles. The van der Waals surface area contributed by atoms with Crippen LogP contribution in [0.1, 0.15) is 6.42 Å². The second kappa shape index (κ2) is 4.25. The van der Waals surface area contributed by atoms with E-state index in [9.17, 15) is 9.18 Å². The zero-order valence-electron chi connectivity index (χ0n) is 6.97. The predicted molar refractivity (Wildman–Crippen MR) is 41.7 cm³/mol. The van der Waals surface area contributed by atoms with Crippen molar-refractivity contribution in [3.05, 3.63) is 0 Å². The molecule has 4 nitrogen and oxygen atoms in total. The molecule has 5 heteroatoms. The third-order valence-corrected chi connectivity index (χ3v) is 1.90. The van der Waals surface area contributed by atoms with Gasteiger partial charge in [0.1, 0.15) is 6.17 Å². The minimum Gasteiger partial charge on any atom is -0.453 e. The number of alkyl halides is 1. The number of methoxy groups -OCH3 is 1. The van der Waals surface area contributed by atoms with E-state index in [1.165, 1.54) is 7.11 Å². The Morgan fingerprint density at radius 3 is 3.08 bits per heavy atom. The van der Waals surface area contributed by atoms with Gasteiger partial charge >= 0.3 is 6.09 Å². The molecule has 12 heavy (non-hydrogen) atoms. The number of alkyl carbamates (subject to hydrolysis) is 1. The Morgan fingerprint density at radius 1 is 1.75 bits per heavy atom. The molecule has 1 fully saturated rings. The van der Waals surface area contributed by atoms with Crippen LogP contribution in [0.3, 0.4) is 0 Å². The number of carbonyl (C=O) groups is 1. The van der Waals surface area contributed by atoms with Gasteiger partial charge in [-0.3, -0.25) is 0 Å². The van der Waals surface area contributed by atoms with E-state index in [4.69, 9.17) is 0 Å². The van der Waals surface area contributed by atoms with Gasteiger partial charge in [0.2, 0.25) is 0 Å². The molecule has 2 N–H and O–H groups in total. The highest BCUT2D eigenvalue weighted by atomic mass is 19.1. The van der Waals surface area contributed by atoms with Gasteiger partial charge in [-0.2, -0.15) is 0 Å². The maximum Gasteiger partial charge on any atom is 0.407 e. The highest BCUT2D eigenvalue weighted by molar-refractivity contribution is 5.67. The van der Waals surface area contributed by atoms with Gasteiger partial charge < -0.3 is 15.4 Å². The Bertz CT molecular complexity index is 165. The lowest BCUT2D eigenvalue weighted by atomic mass is 10.1. The van der Waals surface area contributed by atoms with Crippen LogP contribution in [0.25, 0.3) is 0 Å². The van der Waals surface area contributed by atoms with Crippen LogP contribution in [0, 0.1) is 0 Å². The van der Waals surface area contributed by atoms with Crippen molar-refractivity contribution in [3.8, 4) is 0 Å². The van der Waals surface area contributed by atoms with Crippen LogP contribution in [0.5, 0.6) is 0 Å². The van der Waals surface area contributed by atoms with Gasteiger partial charge in [0.05, 0.1) is 13.2 Å². The number of ether oxygens (including phenoxy) is 1. The van der Waals surface area contributed by atoms with Crippen molar-refractivity contribution in [2.45, 2.75) is 18.6 Å². The second-order valence-corrected chi connectivity index (χ2v) is 2.75. The van der Waals surface area contributed by atoms with Gasteiger partial charge in [-0.05, 0) is 13.0 Å².